The van der Waals surface area contributed by atoms with E-state index in [1.807, 2.05) is 83.8 Å². The number of methoxy groups -OCH3 is 2. The first kappa shape index (κ1) is 57.4. The van der Waals surface area contributed by atoms with Gasteiger partial charge in [0.25, 0.3) is 0 Å². The molecule has 0 saturated carbocycles. The minimum absolute atomic E-state index is 0.0403. The highest BCUT2D eigenvalue weighted by Gasteiger charge is 2.43. The number of carbonyl (C=O) groups is 5. The first-order valence-electron chi connectivity index (χ1n) is 23.2. The molecule has 1 aliphatic heterocycles. The molecule has 65 heavy (non-hydrogen) atoms. The molecule has 1 aromatic rings. The number of likely N-dealkylation sites (N-methyl/N-ethyl adjacent to an activating group) is 2. The van der Waals surface area contributed by atoms with Gasteiger partial charge in [0, 0.05) is 40.8 Å². The van der Waals surface area contributed by atoms with Crippen LogP contribution in [0.5, 0.6) is 0 Å². The summed E-state index contributed by atoms with van der Waals surface area (Å²) in [6.07, 6.45) is 0.641. The largest absolute Gasteiger partial charge is 0.480 e. The van der Waals surface area contributed by atoms with Crippen molar-refractivity contribution in [2.75, 3.05) is 87.7 Å². The Hall–Kier alpha value is -3.75. The highest BCUT2D eigenvalue weighted by molar-refractivity contribution is 5.90. The Labute approximate surface area is 387 Å². The van der Waals surface area contributed by atoms with Crippen LogP contribution in [0, 0.1) is 23.7 Å². The standard InChI is InChI=1S/C47H82N6O12/c1-12-33(6)42(52(9)46(57)40(31(2)3)50-45(56)41(32(4)5)51(8)21-22-62-23-24-63-25-26-64-27-28-65-48)38(60-10)30-39(54)53-20-16-19-37(53)43(61-11)34(7)44(55)49-36(47(58)59)29-35-17-14-13-15-18-35/h13-15,17-18,31-34,36-38,40-43H,12,16,19-30,48H2,1-11H3,(H,49,55)(H,50,56)(H,58,59). The van der Waals surface area contributed by atoms with Gasteiger partial charge < -0.3 is 54.1 Å². The molecule has 372 valence electrons. The van der Waals surface area contributed by atoms with Gasteiger partial charge in [0.1, 0.15) is 12.1 Å². The number of carboxylic acids is 1. The summed E-state index contributed by atoms with van der Waals surface area (Å²) in [4.78, 5) is 78.4. The summed E-state index contributed by atoms with van der Waals surface area (Å²) in [5.74, 6) is 1.40. The summed E-state index contributed by atoms with van der Waals surface area (Å²) in [7, 11) is 6.59. The number of aliphatic carboxylic acids is 1. The number of nitrogens with two attached hydrogens (primary N) is 1. The summed E-state index contributed by atoms with van der Waals surface area (Å²) >= 11 is 0. The van der Waals surface area contributed by atoms with Crippen molar-refractivity contribution in [2.24, 2.45) is 29.6 Å². The van der Waals surface area contributed by atoms with Crippen LogP contribution in [0.25, 0.3) is 0 Å². The van der Waals surface area contributed by atoms with Gasteiger partial charge in [0.05, 0.1) is 88.9 Å². The van der Waals surface area contributed by atoms with E-state index in [1.165, 1.54) is 14.2 Å². The minimum atomic E-state index is -1.15. The van der Waals surface area contributed by atoms with Crippen molar-refractivity contribution >= 4 is 29.6 Å². The topological polar surface area (TPSA) is 221 Å². The number of benzene rings is 1. The third-order valence-corrected chi connectivity index (χ3v) is 12.4. The molecular weight excluding hydrogens is 841 g/mol. The Morgan fingerprint density at radius 2 is 1.43 bits per heavy atom. The molecule has 18 heteroatoms. The lowest BCUT2D eigenvalue weighted by Gasteiger charge is -2.41. The molecule has 0 bridgehead atoms. The first-order chi connectivity index (χ1) is 30.9. The number of amides is 4. The SMILES string of the molecule is CCC(C)C(C(CC(=O)N1CCCC1C(OC)C(C)C(=O)NC(Cc1ccccc1)C(=O)O)OC)N(C)C(=O)C(NC(=O)C(C(C)C)N(C)CCOCCOCCOCCON)C(C)C. The molecule has 1 fully saturated rings. The second-order valence-corrected chi connectivity index (χ2v) is 17.8. The van der Waals surface area contributed by atoms with Gasteiger partial charge >= 0.3 is 5.97 Å². The van der Waals surface area contributed by atoms with Crippen molar-refractivity contribution in [1.29, 1.82) is 0 Å². The zero-order valence-electron chi connectivity index (χ0n) is 41.0. The Morgan fingerprint density at radius 3 is 1.95 bits per heavy atom. The van der Waals surface area contributed by atoms with Crippen molar-refractivity contribution in [3.8, 4) is 0 Å². The second-order valence-electron chi connectivity index (χ2n) is 17.8. The van der Waals surface area contributed by atoms with Gasteiger partial charge in [-0.05, 0) is 43.2 Å². The van der Waals surface area contributed by atoms with Crippen molar-refractivity contribution in [3.05, 3.63) is 35.9 Å². The normalized spacial score (nSPS) is 17.9. The number of ether oxygens (including phenoxy) is 5. The fraction of sp³-hybridized carbons (Fsp3) is 0.766. The highest BCUT2D eigenvalue weighted by atomic mass is 16.6. The second kappa shape index (κ2) is 30.5. The zero-order valence-corrected chi connectivity index (χ0v) is 41.0. The molecule has 1 aliphatic rings. The molecule has 0 radical (unpaired) electrons. The van der Waals surface area contributed by atoms with Crippen molar-refractivity contribution in [2.45, 2.75) is 123 Å². The fourth-order valence-corrected chi connectivity index (χ4v) is 8.64. The molecular formula is C47H82N6O12. The highest BCUT2D eigenvalue weighted by Crippen LogP contribution is 2.30. The number of carboxylic acid groups (broad SMARTS) is 1. The maximum Gasteiger partial charge on any atom is 0.326 e. The monoisotopic (exact) mass is 923 g/mol. The van der Waals surface area contributed by atoms with Crippen LogP contribution < -0.4 is 16.5 Å². The third-order valence-electron chi connectivity index (χ3n) is 12.4. The van der Waals surface area contributed by atoms with Gasteiger partial charge in [-0.1, -0.05) is 85.2 Å². The Morgan fingerprint density at radius 1 is 0.831 bits per heavy atom. The molecule has 1 heterocycles. The number of rotatable bonds is 33. The molecule has 4 amide bonds. The van der Waals surface area contributed by atoms with E-state index in [0.29, 0.717) is 78.6 Å². The number of hydrogen-bond acceptors (Lipinski definition) is 13. The van der Waals surface area contributed by atoms with Crippen LogP contribution in [0.1, 0.15) is 79.7 Å². The Kier molecular flexibility index (Phi) is 26.9. The number of carbonyl (C=O) groups excluding carboxylic acids is 4. The summed E-state index contributed by atoms with van der Waals surface area (Å²) in [6, 6.07) is 5.58. The van der Waals surface area contributed by atoms with Crippen LogP contribution in [0.15, 0.2) is 30.3 Å². The summed E-state index contributed by atoms with van der Waals surface area (Å²) in [5, 5.41) is 15.7. The van der Waals surface area contributed by atoms with Gasteiger partial charge in [0.15, 0.2) is 0 Å². The summed E-state index contributed by atoms with van der Waals surface area (Å²) in [5.41, 5.74) is 0.776. The van der Waals surface area contributed by atoms with Crippen LogP contribution >= 0.6 is 0 Å². The van der Waals surface area contributed by atoms with Gasteiger partial charge in [-0.25, -0.2) is 10.7 Å². The van der Waals surface area contributed by atoms with E-state index < -0.39 is 60.2 Å². The maximum absolute atomic E-state index is 14.5. The van der Waals surface area contributed by atoms with Gasteiger partial charge in [-0.2, -0.15) is 0 Å². The van der Waals surface area contributed by atoms with Crippen LogP contribution in [-0.4, -0.2) is 179 Å². The summed E-state index contributed by atoms with van der Waals surface area (Å²) < 4.78 is 28.6. The molecule has 5 N–H and O–H groups in total. The predicted molar refractivity (Wildman–Crippen MR) is 246 cm³/mol. The molecule has 0 aromatic heterocycles. The Bertz CT molecular complexity index is 1560. The van der Waals surface area contributed by atoms with E-state index in [-0.39, 0.29) is 48.3 Å². The molecule has 0 spiro atoms. The lowest BCUT2D eigenvalue weighted by Crippen LogP contribution is -2.60. The maximum atomic E-state index is 14.5. The van der Waals surface area contributed by atoms with Crippen molar-refractivity contribution < 1.29 is 57.6 Å². The number of hydrogen-bond donors (Lipinski definition) is 4. The van der Waals surface area contributed by atoms with Crippen LogP contribution in [-0.2, 0) is 58.9 Å². The van der Waals surface area contributed by atoms with Gasteiger partial charge in [-0.15, -0.1) is 0 Å². The lowest BCUT2D eigenvalue weighted by atomic mass is 9.89. The first-order valence-corrected chi connectivity index (χ1v) is 23.2. The van der Waals surface area contributed by atoms with E-state index in [1.54, 1.807) is 23.8 Å². The average Bonchev–Trinajstić information content (AvgIpc) is 3.76. The predicted octanol–water partition coefficient (Wildman–Crippen LogP) is 2.76. The average molecular weight is 923 g/mol. The molecule has 1 aromatic carbocycles. The quantitative estimate of drug-likeness (QED) is 0.0589. The molecule has 2 rings (SSSR count). The molecule has 0 aliphatic carbocycles. The smallest absolute Gasteiger partial charge is 0.326 e. The van der Waals surface area contributed by atoms with Crippen molar-refractivity contribution in [1.82, 2.24) is 25.3 Å². The van der Waals surface area contributed by atoms with Gasteiger partial charge in [-0.3, -0.25) is 24.1 Å². The van der Waals surface area contributed by atoms with E-state index in [4.69, 9.17) is 29.6 Å². The van der Waals surface area contributed by atoms with Crippen molar-refractivity contribution in [3.63, 3.8) is 0 Å². The lowest BCUT2D eigenvalue weighted by molar-refractivity contribution is -0.148. The van der Waals surface area contributed by atoms with E-state index in [2.05, 4.69) is 15.5 Å². The molecule has 9 atom stereocenters. The number of nitrogens with zero attached hydrogens (tertiary/aromatic N) is 3. The van der Waals surface area contributed by atoms with E-state index in [0.717, 1.165) is 5.56 Å². The fourth-order valence-electron chi connectivity index (χ4n) is 8.64. The van der Waals surface area contributed by atoms with Crippen LogP contribution in [0.2, 0.25) is 0 Å². The number of nitrogens with one attached hydrogen (secondary N) is 2. The van der Waals surface area contributed by atoms with Crippen LogP contribution in [0.3, 0.4) is 0 Å². The summed E-state index contributed by atoms with van der Waals surface area (Å²) in [6.45, 7) is 17.1. The Balaban J connectivity index is 2.14. The molecule has 18 nitrogen and oxygen atoms in total. The van der Waals surface area contributed by atoms with E-state index in [9.17, 15) is 29.1 Å². The molecule has 9 unspecified atom stereocenters. The van der Waals surface area contributed by atoms with Gasteiger partial charge in [0.2, 0.25) is 23.6 Å². The minimum Gasteiger partial charge on any atom is -0.480 e. The molecule has 1 saturated heterocycles. The van der Waals surface area contributed by atoms with Crippen LogP contribution in [0.4, 0.5) is 0 Å². The zero-order chi connectivity index (χ0) is 48.6. The number of likely N-dealkylation sites (tertiary alicyclic amines) is 1. The van der Waals surface area contributed by atoms with E-state index >= 15 is 0 Å². The third kappa shape index (κ3) is 18.5.